The van der Waals surface area contributed by atoms with Crippen LogP contribution in [0.5, 0.6) is 0 Å². The third-order valence-electron chi connectivity index (χ3n) is 6.33. The Hall–Kier alpha value is -2.59. The van der Waals surface area contributed by atoms with E-state index >= 15 is 0 Å². The van der Waals surface area contributed by atoms with Gasteiger partial charge in [0, 0.05) is 30.0 Å². The average Bonchev–Trinajstić information content (AvgIpc) is 3.18. The molecule has 3 aromatic rings. The van der Waals surface area contributed by atoms with Gasteiger partial charge in [-0.3, -0.25) is 9.69 Å². The highest BCUT2D eigenvalue weighted by Gasteiger charge is 2.26. The van der Waals surface area contributed by atoms with Crippen LogP contribution in [0.2, 0.25) is 0 Å². The summed E-state index contributed by atoms with van der Waals surface area (Å²) in [6.45, 7) is 10.4. The SMILES string of the molecule is Cc1ccc(CN2CCC(CN(C(=O)c3cc4ccccc4[nH]3)C(C)C)CC2)cc1. The van der Waals surface area contributed by atoms with Crippen LogP contribution in [-0.2, 0) is 6.54 Å². The Morgan fingerprint density at radius 2 is 1.80 bits per heavy atom. The van der Waals surface area contributed by atoms with E-state index in [0.717, 1.165) is 49.9 Å². The molecule has 2 heterocycles. The van der Waals surface area contributed by atoms with Gasteiger partial charge >= 0.3 is 0 Å². The lowest BCUT2D eigenvalue weighted by atomic mass is 9.95. The summed E-state index contributed by atoms with van der Waals surface area (Å²) in [7, 11) is 0. The third kappa shape index (κ3) is 4.76. The van der Waals surface area contributed by atoms with Gasteiger partial charge in [0.05, 0.1) is 0 Å². The quantitative estimate of drug-likeness (QED) is 0.611. The predicted octanol–water partition coefficient (Wildman–Crippen LogP) is 5.24. The number of hydrogen-bond acceptors (Lipinski definition) is 2. The lowest BCUT2D eigenvalue weighted by molar-refractivity contribution is 0.0620. The van der Waals surface area contributed by atoms with Crippen molar-refractivity contribution in [1.82, 2.24) is 14.8 Å². The Kier molecular flexibility index (Phi) is 6.24. The Morgan fingerprint density at radius 1 is 1.10 bits per heavy atom. The van der Waals surface area contributed by atoms with E-state index in [-0.39, 0.29) is 11.9 Å². The number of likely N-dealkylation sites (tertiary alicyclic amines) is 1. The molecule has 1 aliphatic rings. The second-order valence-electron chi connectivity index (χ2n) is 9.03. The molecule has 1 fully saturated rings. The van der Waals surface area contributed by atoms with Gasteiger partial charge < -0.3 is 9.88 Å². The van der Waals surface area contributed by atoms with Gasteiger partial charge in [-0.1, -0.05) is 48.0 Å². The molecule has 1 saturated heterocycles. The number of piperidine rings is 1. The first-order valence-corrected chi connectivity index (χ1v) is 11.2. The number of benzene rings is 2. The fourth-order valence-corrected chi connectivity index (χ4v) is 4.43. The molecule has 158 valence electrons. The lowest BCUT2D eigenvalue weighted by Crippen LogP contribution is -2.43. The summed E-state index contributed by atoms with van der Waals surface area (Å²) in [5.74, 6) is 0.679. The topological polar surface area (TPSA) is 39.3 Å². The van der Waals surface area contributed by atoms with E-state index < -0.39 is 0 Å². The van der Waals surface area contributed by atoms with Gasteiger partial charge in [-0.05, 0) is 70.3 Å². The number of carbonyl (C=O) groups excluding carboxylic acids is 1. The summed E-state index contributed by atoms with van der Waals surface area (Å²) in [6, 6.07) is 19.1. The van der Waals surface area contributed by atoms with Crippen molar-refractivity contribution in [2.45, 2.75) is 46.2 Å². The molecule has 4 heteroatoms. The molecule has 1 N–H and O–H groups in total. The minimum Gasteiger partial charge on any atom is -0.351 e. The van der Waals surface area contributed by atoms with Crippen LogP contribution in [0.15, 0.2) is 54.6 Å². The zero-order chi connectivity index (χ0) is 21.1. The standard InChI is InChI=1S/C26H33N3O/c1-19(2)29(26(30)25-16-23-6-4-5-7-24(23)27-25)18-22-12-14-28(15-13-22)17-21-10-8-20(3)9-11-21/h4-11,16,19,22,27H,12-15,17-18H2,1-3H3. The number of aryl methyl sites for hydroxylation is 1. The highest BCUT2D eigenvalue weighted by molar-refractivity contribution is 5.98. The number of aromatic amines is 1. The van der Waals surface area contributed by atoms with Crippen molar-refractivity contribution in [1.29, 1.82) is 0 Å². The summed E-state index contributed by atoms with van der Waals surface area (Å²) < 4.78 is 0. The monoisotopic (exact) mass is 403 g/mol. The molecule has 0 unspecified atom stereocenters. The van der Waals surface area contributed by atoms with Gasteiger partial charge in [0.15, 0.2) is 0 Å². The smallest absolute Gasteiger partial charge is 0.270 e. The van der Waals surface area contributed by atoms with E-state index in [1.807, 2.05) is 35.2 Å². The third-order valence-corrected chi connectivity index (χ3v) is 6.33. The number of amides is 1. The first kappa shape index (κ1) is 20.7. The molecule has 0 bridgehead atoms. The minimum absolute atomic E-state index is 0.114. The highest BCUT2D eigenvalue weighted by atomic mass is 16.2. The van der Waals surface area contributed by atoms with E-state index in [9.17, 15) is 4.79 Å². The Bertz CT molecular complexity index is 948. The zero-order valence-corrected chi connectivity index (χ0v) is 18.4. The molecule has 2 aromatic carbocycles. The maximum absolute atomic E-state index is 13.2. The van der Waals surface area contributed by atoms with Crippen molar-refractivity contribution >= 4 is 16.8 Å². The Balaban J connectivity index is 1.35. The van der Waals surface area contributed by atoms with Crippen LogP contribution in [0.3, 0.4) is 0 Å². The van der Waals surface area contributed by atoms with Crippen LogP contribution in [0.25, 0.3) is 10.9 Å². The molecule has 0 spiro atoms. The molecule has 1 amide bonds. The average molecular weight is 404 g/mol. The number of carbonyl (C=O) groups is 1. The Labute approximate surface area is 179 Å². The molecule has 0 radical (unpaired) electrons. The van der Waals surface area contributed by atoms with E-state index in [1.165, 1.54) is 11.1 Å². The zero-order valence-electron chi connectivity index (χ0n) is 18.4. The fourth-order valence-electron chi connectivity index (χ4n) is 4.43. The number of hydrogen-bond donors (Lipinski definition) is 1. The number of nitrogens with zero attached hydrogens (tertiary/aromatic N) is 2. The largest absolute Gasteiger partial charge is 0.351 e. The molecule has 4 nitrogen and oxygen atoms in total. The molecule has 0 atom stereocenters. The fraction of sp³-hybridized carbons (Fsp3) is 0.423. The maximum Gasteiger partial charge on any atom is 0.270 e. The second kappa shape index (κ2) is 9.05. The first-order chi connectivity index (χ1) is 14.5. The molecular formula is C26H33N3O. The van der Waals surface area contributed by atoms with Gasteiger partial charge in [0.25, 0.3) is 5.91 Å². The normalized spacial score (nSPS) is 15.7. The summed E-state index contributed by atoms with van der Waals surface area (Å²) in [5, 5.41) is 1.09. The number of fused-ring (bicyclic) bond motifs is 1. The molecular weight excluding hydrogens is 370 g/mol. The van der Waals surface area contributed by atoms with Gasteiger partial charge in [-0.25, -0.2) is 0 Å². The van der Waals surface area contributed by atoms with Crippen molar-refractivity contribution < 1.29 is 4.79 Å². The van der Waals surface area contributed by atoms with Crippen molar-refractivity contribution in [3.8, 4) is 0 Å². The number of H-pyrrole nitrogens is 1. The molecule has 30 heavy (non-hydrogen) atoms. The number of rotatable bonds is 6. The van der Waals surface area contributed by atoms with Gasteiger partial charge in [-0.15, -0.1) is 0 Å². The van der Waals surface area contributed by atoms with Gasteiger partial charge in [0.1, 0.15) is 5.69 Å². The summed E-state index contributed by atoms with van der Waals surface area (Å²) >= 11 is 0. The maximum atomic E-state index is 13.2. The van der Waals surface area contributed by atoms with Crippen molar-refractivity contribution in [3.63, 3.8) is 0 Å². The molecule has 0 aliphatic carbocycles. The van der Waals surface area contributed by atoms with Gasteiger partial charge in [-0.2, -0.15) is 0 Å². The van der Waals surface area contributed by atoms with Crippen LogP contribution in [0.1, 0.15) is 48.3 Å². The molecule has 1 aromatic heterocycles. The second-order valence-corrected chi connectivity index (χ2v) is 9.03. The number of nitrogens with one attached hydrogen (secondary N) is 1. The molecule has 4 rings (SSSR count). The summed E-state index contributed by atoms with van der Waals surface area (Å²) in [5.41, 5.74) is 4.42. The van der Waals surface area contributed by atoms with E-state index in [0.29, 0.717) is 11.6 Å². The molecule has 0 saturated carbocycles. The summed E-state index contributed by atoms with van der Waals surface area (Å²) in [6.07, 6.45) is 2.30. The van der Waals surface area contributed by atoms with Crippen LogP contribution < -0.4 is 0 Å². The van der Waals surface area contributed by atoms with Crippen molar-refractivity contribution in [2.75, 3.05) is 19.6 Å². The Morgan fingerprint density at radius 3 is 2.47 bits per heavy atom. The van der Waals surface area contributed by atoms with E-state index in [2.05, 4.69) is 54.9 Å². The summed E-state index contributed by atoms with van der Waals surface area (Å²) in [4.78, 5) is 21.1. The minimum atomic E-state index is 0.114. The number of aromatic nitrogens is 1. The number of para-hydroxylation sites is 1. The van der Waals surface area contributed by atoms with E-state index in [4.69, 9.17) is 0 Å². The highest BCUT2D eigenvalue weighted by Crippen LogP contribution is 2.23. The lowest BCUT2D eigenvalue weighted by Gasteiger charge is -2.36. The van der Waals surface area contributed by atoms with E-state index in [1.54, 1.807) is 0 Å². The van der Waals surface area contributed by atoms with Crippen LogP contribution in [0, 0.1) is 12.8 Å². The van der Waals surface area contributed by atoms with Crippen molar-refractivity contribution in [2.24, 2.45) is 5.92 Å². The van der Waals surface area contributed by atoms with Crippen LogP contribution in [-0.4, -0.2) is 46.4 Å². The first-order valence-electron chi connectivity index (χ1n) is 11.2. The van der Waals surface area contributed by atoms with Gasteiger partial charge in [0.2, 0.25) is 0 Å². The van der Waals surface area contributed by atoms with Crippen LogP contribution >= 0.6 is 0 Å². The molecule has 1 aliphatic heterocycles. The van der Waals surface area contributed by atoms with Crippen LogP contribution in [0.4, 0.5) is 0 Å². The van der Waals surface area contributed by atoms with Crippen molar-refractivity contribution in [3.05, 3.63) is 71.4 Å². The predicted molar refractivity (Wildman–Crippen MR) is 124 cm³/mol.